The largest absolute Gasteiger partial charge is 0.432 e. The topological polar surface area (TPSA) is 52.6 Å². The van der Waals surface area contributed by atoms with E-state index in [1.54, 1.807) is 13.8 Å². The second-order valence-corrected chi connectivity index (χ2v) is 6.78. The zero-order valence-electron chi connectivity index (χ0n) is 17.3. The molecule has 0 aromatic heterocycles. The van der Waals surface area contributed by atoms with Gasteiger partial charge in [0.2, 0.25) is 0 Å². The summed E-state index contributed by atoms with van der Waals surface area (Å²) in [6.45, 7) is 7.92. The van der Waals surface area contributed by atoms with E-state index in [9.17, 15) is 9.59 Å². The van der Waals surface area contributed by atoms with Crippen LogP contribution in [0.25, 0.3) is 0 Å². The van der Waals surface area contributed by atoms with Gasteiger partial charge in [-0.15, -0.1) is 0 Å². The van der Waals surface area contributed by atoms with E-state index in [-0.39, 0.29) is 24.8 Å². The van der Waals surface area contributed by atoms with Gasteiger partial charge in [0.05, 0.1) is 12.8 Å². The van der Waals surface area contributed by atoms with E-state index in [1.807, 2.05) is 12.2 Å². The number of unbranched alkanes of at least 4 members (excludes halogenated alkanes) is 8. The number of rotatable bonds is 15. The summed E-state index contributed by atoms with van der Waals surface area (Å²) in [5.74, 6) is 0.460. The molecule has 0 amide bonds. The zero-order chi connectivity index (χ0) is 19.6. The van der Waals surface area contributed by atoms with Crippen LogP contribution in [0.3, 0.4) is 0 Å². The van der Waals surface area contributed by atoms with Gasteiger partial charge in [-0.2, -0.15) is 0 Å². The maximum atomic E-state index is 11.8. The summed E-state index contributed by atoms with van der Waals surface area (Å²) in [4.78, 5) is 23.5. The summed E-state index contributed by atoms with van der Waals surface area (Å²) >= 11 is 0. The number of hydrogen-bond donors (Lipinski definition) is 0. The zero-order valence-corrected chi connectivity index (χ0v) is 17.3. The molecule has 0 aliphatic heterocycles. The highest BCUT2D eigenvalue weighted by atomic mass is 16.5. The molecule has 4 nitrogen and oxygen atoms in total. The molecule has 0 N–H and O–H groups in total. The van der Waals surface area contributed by atoms with Crippen LogP contribution in [0.5, 0.6) is 0 Å². The standard InChI is InChI=1S/C22H38O4/c1-5-7-9-11-13-15-19(3)25-21(23)17-18-22(24)26-20(4)16-14-12-10-8-6-2/h15-16H,5-14,17-18H2,1-4H3/b19-15-,20-16-. The molecule has 0 atom stereocenters. The highest BCUT2D eigenvalue weighted by Gasteiger charge is 2.10. The first kappa shape index (κ1) is 24.4. The molecule has 0 rings (SSSR count). The normalized spacial score (nSPS) is 12.2. The lowest BCUT2D eigenvalue weighted by molar-refractivity contribution is -0.146. The molecule has 0 radical (unpaired) electrons. The first-order chi connectivity index (χ1) is 12.5. The molecule has 0 fully saturated rings. The van der Waals surface area contributed by atoms with Crippen molar-refractivity contribution in [2.45, 2.75) is 105 Å². The Morgan fingerprint density at radius 3 is 1.38 bits per heavy atom. The molecule has 0 unspecified atom stereocenters. The summed E-state index contributed by atoms with van der Waals surface area (Å²) in [6, 6.07) is 0. The first-order valence-corrected chi connectivity index (χ1v) is 10.2. The Kier molecular flexibility index (Phi) is 15.8. The van der Waals surface area contributed by atoms with E-state index in [4.69, 9.17) is 9.47 Å². The van der Waals surface area contributed by atoms with Crippen molar-refractivity contribution < 1.29 is 19.1 Å². The van der Waals surface area contributed by atoms with Gasteiger partial charge < -0.3 is 9.47 Å². The molecule has 0 aromatic carbocycles. The van der Waals surface area contributed by atoms with Crippen molar-refractivity contribution in [3.8, 4) is 0 Å². The van der Waals surface area contributed by atoms with Gasteiger partial charge in [-0.25, -0.2) is 0 Å². The van der Waals surface area contributed by atoms with Crippen LogP contribution >= 0.6 is 0 Å². The van der Waals surface area contributed by atoms with Crippen molar-refractivity contribution in [2.24, 2.45) is 0 Å². The summed E-state index contributed by atoms with van der Waals surface area (Å²) in [7, 11) is 0. The van der Waals surface area contributed by atoms with Crippen LogP contribution in [0, 0.1) is 0 Å². The minimum absolute atomic E-state index is 0.0453. The van der Waals surface area contributed by atoms with Crippen molar-refractivity contribution in [3.05, 3.63) is 23.7 Å². The summed E-state index contributed by atoms with van der Waals surface area (Å²) in [5, 5.41) is 0. The Hall–Kier alpha value is -1.58. The van der Waals surface area contributed by atoms with Crippen molar-refractivity contribution in [2.75, 3.05) is 0 Å². The second-order valence-electron chi connectivity index (χ2n) is 6.78. The average Bonchev–Trinajstić information content (AvgIpc) is 2.59. The highest BCUT2D eigenvalue weighted by molar-refractivity contribution is 5.78. The van der Waals surface area contributed by atoms with E-state index in [0.717, 1.165) is 25.7 Å². The number of carbonyl (C=O) groups excluding carboxylic acids is 2. The van der Waals surface area contributed by atoms with Crippen LogP contribution in [-0.2, 0) is 19.1 Å². The number of allylic oxidation sites excluding steroid dienone is 4. The van der Waals surface area contributed by atoms with Gasteiger partial charge in [0, 0.05) is 0 Å². The van der Waals surface area contributed by atoms with Gasteiger partial charge in [-0.3, -0.25) is 9.59 Å². The molecule has 0 aliphatic carbocycles. The summed E-state index contributed by atoms with van der Waals surface area (Å²) in [6.07, 6.45) is 15.3. The predicted molar refractivity (Wildman–Crippen MR) is 106 cm³/mol. The van der Waals surface area contributed by atoms with Gasteiger partial charge in [0.25, 0.3) is 0 Å². The minimum atomic E-state index is -0.384. The maximum absolute atomic E-state index is 11.8. The van der Waals surface area contributed by atoms with Crippen LogP contribution in [-0.4, -0.2) is 11.9 Å². The van der Waals surface area contributed by atoms with Gasteiger partial charge in [-0.1, -0.05) is 52.4 Å². The molecular formula is C22H38O4. The monoisotopic (exact) mass is 366 g/mol. The second kappa shape index (κ2) is 16.9. The van der Waals surface area contributed by atoms with E-state index < -0.39 is 0 Å². The van der Waals surface area contributed by atoms with E-state index in [0.29, 0.717) is 11.5 Å². The summed E-state index contributed by atoms with van der Waals surface area (Å²) < 4.78 is 10.4. The van der Waals surface area contributed by atoms with Crippen LogP contribution < -0.4 is 0 Å². The molecule has 0 aliphatic rings. The molecule has 150 valence electrons. The van der Waals surface area contributed by atoms with Crippen LogP contribution in [0.15, 0.2) is 23.7 Å². The average molecular weight is 367 g/mol. The smallest absolute Gasteiger partial charge is 0.311 e. The Labute approximate surface area is 160 Å². The third kappa shape index (κ3) is 15.9. The van der Waals surface area contributed by atoms with Crippen molar-refractivity contribution in [1.29, 1.82) is 0 Å². The van der Waals surface area contributed by atoms with Crippen LogP contribution in [0.4, 0.5) is 0 Å². The lowest BCUT2D eigenvalue weighted by Gasteiger charge is -2.06. The fourth-order valence-corrected chi connectivity index (χ4v) is 2.50. The molecule has 0 saturated carbocycles. The fraction of sp³-hybridized carbons (Fsp3) is 0.727. The first-order valence-electron chi connectivity index (χ1n) is 10.2. The Morgan fingerprint density at radius 1 is 0.654 bits per heavy atom. The highest BCUT2D eigenvalue weighted by Crippen LogP contribution is 2.10. The van der Waals surface area contributed by atoms with Gasteiger partial charge in [0.1, 0.15) is 11.5 Å². The number of esters is 2. The van der Waals surface area contributed by atoms with Gasteiger partial charge >= 0.3 is 11.9 Å². The molecule has 0 bridgehead atoms. The Bertz CT molecular complexity index is 407. The number of ether oxygens (including phenoxy) is 2. The molecule has 0 aromatic rings. The van der Waals surface area contributed by atoms with E-state index in [1.165, 1.54) is 38.5 Å². The van der Waals surface area contributed by atoms with Crippen molar-refractivity contribution in [3.63, 3.8) is 0 Å². The third-order valence-electron chi connectivity index (χ3n) is 4.06. The Balaban J connectivity index is 3.90. The molecule has 4 heteroatoms. The SMILES string of the molecule is CCCCCC/C=C(/C)OC(=O)CCC(=O)O/C(C)=C\CCCCCC. The number of hydrogen-bond acceptors (Lipinski definition) is 4. The Morgan fingerprint density at radius 2 is 1.04 bits per heavy atom. The molecule has 0 saturated heterocycles. The molecular weight excluding hydrogens is 328 g/mol. The van der Waals surface area contributed by atoms with Crippen LogP contribution in [0.2, 0.25) is 0 Å². The van der Waals surface area contributed by atoms with Gasteiger partial charge in [-0.05, 0) is 51.7 Å². The lowest BCUT2D eigenvalue weighted by Crippen LogP contribution is -2.09. The van der Waals surface area contributed by atoms with Gasteiger partial charge in [0.15, 0.2) is 0 Å². The van der Waals surface area contributed by atoms with Crippen molar-refractivity contribution >= 4 is 11.9 Å². The fourth-order valence-electron chi connectivity index (χ4n) is 2.50. The third-order valence-corrected chi connectivity index (χ3v) is 4.06. The maximum Gasteiger partial charge on any atom is 0.311 e. The van der Waals surface area contributed by atoms with Crippen LogP contribution in [0.1, 0.15) is 105 Å². The predicted octanol–water partition coefficient (Wildman–Crippen LogP) is 6.60. The minimum Gasteiger partial charge on any atom is -0.432 e. The summed E-state index contributed by atoms with van der Waals surface area (Å²) in [5.41, 5.74) is 0. The molecule has 0 heterocycles. The quantitative estimate of drug-likeness (QED) is 0.186. The lowest BCUT2D eigenvalue weighted by atomic mass is 10.1. The van der Waals surface area contributed by atoms with E-state index in [2.05, 4.69) is 13.8 Å². The molecule has 26 heavy (non-hydrogen) atoms. The number of carbonyl (C=O) groups is 2. The van der Waals surface area contributed by atoms with E-state index >= 15 is 0 Å². The molecule has 0 spiro atoms. The van der Waals surface area contributed by atoms with Crippen molar-refractivity contribution in [1.82, 2.24) is 0 Å².